The maximum Gasteiger partial charge on any atom is 0.0545 e. The third-order valence-electron chi connectivity index (χ3n) is 1.59. The van der Waals surface area contributed by atoms with Crippen molar-refractivity contribution in [1.29, 1.82) is 0 Å². The molecule has 0 spiro atoms. The zero-order valence-electron chi connectivity index (χ0n) is 7.23. The average molecular weight is 179 g/mol. The highest BCUT2D eigenvalue weighted by Gasteiger charge is 2.14. The summed E-state index contributed by atoms with van der Waals surface area (Å²) in [6.07, 6.45) is 8.86. The van der Waals surface area contributed by atoms with E-state index >= 15 is 0 Å². The Kier molecular flexibility index (Phi) is 3.88. The van der Waals surface area contributed by atoms with Gasteiger partial charge in [0, 0.05) is 6.21 Å². The van der Waals surface area contributed by atoms with Crippen LogP contribution in [0.1, 0.15) is 13.3 Å². The van der Waals surface area contributed by atoms with Crippen molar-refractivity contribution in [1.82, 2.24) is 0 Å². The first-order valence-electron chi connectivity index (χ1n) is 4.00. The molecule has 1 atom stereocenters. The molecule has 1 aliphatic rings. The minimum Gasteiger partial charge on any atom is -0.265 e. The van der Waals surface area contributed by atoms with Gasteiger partial charge in [0.1, 0.15) is 0 Å². The van der Waals surface area contributed by atoms with Crippen LogP contribution < -0.4 is 0 Å². The van der Waals surface area contributed by atoms with Gasteiger partial charge < -0.3 is 0 Å². The van der Waals surface area contributed by atoms with Crippen molar-refractivity contribution < 1.29 is 0 Å². The summed E-state index contributed by atoms with van der Waals surface area (Å²) in [7, 11) is 0. The van der Waals surface area contributed by atoms with Crippen LogP contribution >= 0.6 is 11.8 Å². The van der Waals surface area contributed by atoms with Gasteiger partial charge in [-0.3, -0.25) is 4.99 Å². The lowest BCUT2D eigenvalue weighted by atomic mass is 10.2. The van der Waals surface area contributed by atoms with Gasteiger partial charge in [0.25, 0.3) is 0 Å². The van der Waals surface area contributed by atoms with Crippen molar-refractivity contribution in [2.75, 3.05) is 0 Å². The second kappa shape index (κ2) is 4.99. The Morgan fingerprint density at radius 3 is 3.08 bits per heavy atom. The zero-order chi connectivity index (χ0) is 8.81. The standard InChI is InChI=1S/C10H13NS/c1-3-6-9(11-4-2)10-7-5-8-12-10/h3-6,8,10H,1,7H2,2H3/b9-6-,11-4?. The molecule has 1 rings (SSSR count). The Hall–Kier alpha value is -0.760. The van der Waals surface area contributed by atoms with E-state index in [4.69, 9.17) is 0 Å². The Balaban J connectivity index is 2.65. The zero-order valence-corrected chi connectivity index (χ0v) is 8.05. The van der Waals surface area contributed by atoms with Crippen LogP contribution in [-0.2, 0) is 0 Å². The van der Waals surface area contributed by atoms with Crippen LogP contribution in [0.15, 0.2) is 40.9 Å². The fourth-order valence-electron chi connectivity index (χ4n) is 1.08. The van der Waals surface area contributed by atoms with Gasteiger partial charge in [-0.05, 0) is 24.8 Å². The average Bonchev–Trinajstić information content (AvgIpc) is 2.56. The van der Waals surface area contributed by atoms with Gasteiger partial charge in [-0.2, -0.15) is 0 Å². The van der Waals surface area contributed by atoms with Crippen LogP contribution in [-0.4, -0.2) is 11.5 Å². The second-order valence-corrected chi connectivity index (χ2v) is 3.56. The largest absolute Gasteiger partial charge is 0.265 e. The van der Waals surface area contributed by atoms with Crippen LogP contribution in [0.3, 0.4) is 0 Å². The SMILES string of the molecule is C=C/C=C(\N=CC)C1CC=CS1. The van der Waals surface area contributed by atoms with Crippen LogP contribution in [0.25, 0.3) is 0 Å². The lowest BCUT2D eigenvalue weighted by Gasteiger charge is -2.07. The van der Waals surface area contributed by atoms with Crippen molar-refractivity contribution in [2.45, 2.75) is 18.6 Å². The van der Waals surface area contributed by atoms with E-state index in [1.165, 1.54) is 0 Å². The summed E-state index contributed by atoms with van der Waals surface area (Å²) >= 11 is 1.82. The molecule has 1 unspecified atom stereocenters. The minimum absolute atomic E-state index is 0.499. The van der Waals surface area contributed by atoms with Crippen molar-refractivity contribution in [3.63, 3.8) is 0 Å². The molecule has 0 N–H and O–H groups in total. The molecule has 0 aromatic rings. The lowest BCUT2D eigenvalue weighted by Crippen LogP contribution is -1.99. The van der Waals surface area contributed by atoms with Crippen molar-refractivity contribution in [3.05, 3.63) is 35.9 Å². The predicted molar refractivity (Wildman–Crippen MR) is 57.6 cm³/mol. The smallest absolute Gasteiger partial charge is 0.0545 e. The number of nitrogens with zero attached hydrogens (tertiary/aromatic N) is 1. The Morgan fingerprint density at radius 1 is 1.75 bits per heavy atom. The van der Waals surface area contributed by atoms with E-state index in [2.05, 4.69) is 23.1 Å². The van der Waals surface area contributed by atoms with E-state index in [1.807, 2.05) is 31.0 Å². The molecule has 1 nitrogen and oxygen atoms in total. The van der Waals surface area contributed by atoms with E-state index in [0.29, 0.717) is 5.25 Å². The predicted octanol–water partition coefficient (Wildman–Crippen LogP) is 3.17. The topological polar surface area (TPSA) is 12.4 Å². The first kappa shape index (κ1) is 9.33. The molecule has 0 saturated carbocycles. The lowest BCUT2D eigenvalue weighted by molar-refractivity contribution is 1.00. The summed E-state index contributed by atoms with van der Waals surface area (Å²) < 4.78 is 0. The summed E-state index contributed by atoms with van der Waals surface area (Å²) in [4.78, 5) is 4.30. The number of aliphatic imine (C=N–C) groups is 1. The van der Waals surface area contributed by atoms with Crippen LogP contribution in [0, 0.1) is 0 Å². The van der Waals surface area contributed by atoms with E-state index in [1.54, 1.807) is 6.08 Å². The molecule has 0 aromatic carbocycles. The molecule has 0 aliphatic carbocycles. The molecule has 0 amide bonds. The monoisotopic (exact) mass is 179 g/mol. The highest BCUT2D eigenvalue weighted by molar-refractivity contribution is 8.03. The maximum absolute atomic E-state index is 4.30. The molecule has 1 aliphatic heterocycles. The number of allylic oxidation sites excluding steroid dienone is 3. The summed E-state index contributed by atoms with van der Waals surface area (Å²) in [5, 5.41) is 2.63. The van der Waals surface area contributed by atoms with Gasteiger partial charge in [0.05, 0.1) is 10.9 Å². The number of rotatable bonds is 3. The molecular formula is C10H13NS. The van der Waals surface area contributed by atoms with Crippen molar-refractivity contribution in [3.8, 4) is 0 Å². The second-order valence-electron chi connectivity index (χ2n) is 2.45. The quantitative estimate of drug-likeness (QED) is 0.479. The van der Waals surface area contributed by atoms with Crippen LogP contribution in [0.5, 0.6) is 0 Å². The first-order chi connectivity index (χ1) is 5.88. The normalized spacial score (nSPS) is 23.8. The number of hydrogen-bond donors (Lipinski definition) is 0. The fourth-order valence-corrected chi connectivity index (χ4v) is 1.99. The summed E-state index contributed by atoms with van der Waals surface area (Å²) in [6, 6.07) is 0. The highest BCUT2D eigenvalue weighted by atomic mass is 32.2. The van der Waals surface area contributed by atoms with Crippen molar-refractivity contribution >= 4 is 18.0 Å². The highest BCUT2D eigenvalue weighted by Crippen LogP contribution is 2.30. The van der Waals surface area contributed by atoms with Crippen molar-refractivity contribution in [2.24, 2.45) is 4.99 Å². The molecular weight excluding hydrogens is 166 g/mol. The van der Waals surface area contributed by atoms with Gasteiger partial charge in [-0.15, -0.1) is 11.8 Å². The number of thioether (sulfide) groups is 1. The third-order valence-corrected chi connectivity index (χ3v) is 2.70. The summed E-state index contributed by atoms with van der Waals surface area (Å²) in [5.74, 6) is 0. The van der Waals surface area contributed by atoms with Gasteiger partial charge in [-0.1, -0.05) is 18.7 Å². The molecule has 0 saturated heterocycles. The molecule has 1 heterocycles. The van der Waals surface area contributed by atoms with Crippen LogP contribution in [0.2, 0.25) is 0 Å². The minimum atomic E-state index is 0.499. The molecule has 0 fully saturated rings. The Bertz CT molecular complexity index is 230. The van der Waals surface area contributed by atoms with E-state index in [9.17, 15) is 0 Å². The van der Waals surface area contributed by atoms with Gasteiger partial charge >= 0.3 is 0 Å². The summed E-state index contributed by atoms with van der Waals surface area (Å²) in [5.41, 5.74) is 1.11. The van der Waals surface area contributed by atoms with Crippen LogP contribution in [0.4, 0.5) is 0 Å². The summed E-state index contributed by atoms with van der Waals surface area (Å²) in [6.45, 7) is 5.61. The maximum atomic E-state index is 4.30. The molecule has 2 heteroatoms. The first-order valence-corrected chi connectivity index (χ1v) is 4.94. The van der Waals surface area contributed by atoms with Gasteiger partial charge in [0.2, 0.25) is 0 Å². The molecule has 64 valence electrons. The van der Waals surface area contributed by atoms with E-state index in [0.717, 1.165) is 12.1 Å². The van der Waals surface area contributed by atoms with E-state index in [-0.39, 0.29) is 0 Å². The Labute approximate surface area is 78.0 Å². The molecule has 0 radical (unpaired) electrons. The fraction of sp³-hybridized carbons (Fsp3) is 0.300. The Morgan fingerprint density at radius 2 is 2.58 bits per heavy atom. The molecule has 12 heavy (non-hydrogen) atoms. The van der Waals surface area contributed by atoms with E-state index < -0.39 is 0 Å². The molecule has 0 aromatic heterocycles. The molecule has 0 bridgehead atoms. The van der Waals surface area contributed by atoms with Gasteiger partial charge in [-0.25, -0.2) is 0 Å². The third kappa shape index (κ3) is 2.38. The van der Waals surface area contributed by atoms with Gasteiger partial charge in [0.15, 0.2) is 0 Å². The number of hydrogen-bond acceptors (Lipinski definition) is 2.